The smallest absolute Gasteiger partial charge is 0.314 e. The maximum atomic E-state index is 12.8. The Kier molecular flexibility index (Phi) is 6.38. The molecule has 0 saturated carbocycles. The van der Waals surface area contributed by atoms with E-state index < -0.39 is 11.7 Å². The molecule has 1 aliphatic rings. The number of halogens is 3. The first kappa shape index (κ1) is 24.2. The van der Waals surface area contributed by atoms with Crippen molar-refractivity contribution in [2.75, 3.05) is 0 Å². The van der Waals surface area contributed by atoms with Crippen LogP contribution in [0.5, 0.6) is 0 Å². The lowest BCUT2D eigenvalue weighted by Gasteiger charge is -2.14. The first-order valence-corrected chi connectivity index (χ1v) is 12.2. The van der Waals surface area contributed by atoms with Crippen molar-refractivity contribution in [1.29, 1.82) is 0 Å². The Morgan fingerprint density at radius 2 is 1.58 bits per heavy atom. The summed E-state index contributed by atoms with van der Waals surface area (Å²) in [6.07, 6.45) is -1.27. The Morgan fingerprint density at radius 1 is 0.944 bits per heavy atom. The molecule has 6 nitrogen and oxygen atoms in total. The highest BCUT2D eigenvalue weighted by atomic mass is 32.1. The fourth-order valence-corrected chi connectivity index (χ4v) is 5.04. The van der Waals surface area contributed by atoms with Crippen molar-refractivity contribution in [2.24, 2.45) is 0 Å². The van der Waals surface area contributed by atoms with Gasteiger partial charge in [-0.1, -0.05) is 36.4 Å². The first-order valence-electron chi connectivity index (χ1n) is 11.8. The van der Waals surface area contributed by atoms with E-state index in [1.54, 1.807) is 0 Å². The minimum absolute atomic E-state index is 0.0962. The number of alkyl halides is 3. The molecule has 1 aliphatic carbocycles. The number of nitrogens with zero attached hydrogens (tertiary/aromatic N) is 4. The van der Waals surface area contributed by atoms with Gasteiger partial charge in [-0.3, -0.25) is 9.78 Å². The molecule has 186 valence electrons. The van der Waals surface area contributed by atoms with E-state index in [0.29, 0.717) is 24.3 Å². The van der Waals surface area contributed by atoms with E-state index in [-0.39, 0.29) is 5.56 Å². The third kappa shape index (κ3) is 4.65. The molecule has 0 amide bonds. The van der Waals surface area contributed by atoms with E-state index in [0.717, 1.165) is 71.0 Å². The number of hydrogen-bond donors (Lipinski definition) is 1. The number of benzene rings is 2. The van der Waals surface area contributed by atoms with Gasteiger partial charge in [0.05, 0.1) is 12.1 Å². The van der Waals surface area contributed by atoms with Crippen LogP contribution in [-0.2, 0) is 38.5 Å². The van der Waals surface area contributed by atoms with Gasteiger partial charge in [0.2, 0.25) is 0 Å². The molecular formula is C26H24F3N5OS. The zero-order valence-electron chi connectivity index (χ0n) is 19.6. The molecule has 5 rings (SSSR count). The van der Waals surface area contributed by atoms with E-state index in [4.69, 9.17) is 12.2 Å². The van der Waals surface area contributed by atoms with Crippen LogP contribution in [-0.4, -0.2) is 24.3 Å². The molecule has 0 radical (unpaired) electrons. The van der Waals surface area contributed by atoms with E-state index in [1.807, 2.05) is 35.8 Å². The predicted molar refractivity (Wildman–Crippen MR) is 132 cm³/mol. The number of fused-ring (bicyclic) bond motifs is 1. The second-order valence-corrected chi connectivity index (χ2v) is 9.24. The van der Waals surface area contributed by atoms with Crippen molar-refractivity contribution in [3.05, 3.63) is 97.7 Å². The van der Waals surface area contributed by atoms with Crippen molar-refractivity contribution < 1.29 is 13.2 Å². The lowest BCUT2D eigenvalue weighted by Crippen LogP contribution is -2.22. The number of H-pyrrole nitrogens is 1. The van der Waals surface area contributed by atoms with Gasteiger partial charge in [0, 0.05) is 24.2 Å². The van der Waals surface area contributed by atoms with Crippen molar-refractivity contribution in [3.63, 3.8) is 0 Å². The third-order valence-electron chi connectivity index (χ3n) is 6.64. The average molecular weight is 512 g/mol. The Labute approximate surface area is 210 Å². The lowest BCUT2D eigenvalue weighted by molar-refractivity contribution is -0.137. The molecule has 0 fully saturated rings. The Balaban J connectivity index is 1.36. The number of rotatable bonds is 6. The van der Waals surface area contributed by atoms with Gasteiger partial charge in [-0.05, 0) is 67.2 Å². The Hall–Kier alpha value is -3.53. The molecule has 0 saturated heterocycles. The van der Waals surface area contributed by atoms with E-state index in [1.165, 1.54) is 12.1 Å². The van der Waals surface area contributed by atoms with Crippen molar-refractivity contribution in [3.8, 4) is 11.1 Å². The number of aromatic nitrogens is 5. The molecule has 10 heteroatoms. The average Bonchev–Trinajstić information content (AvgIpc) is 3.49. The van der Waals surface area contributed by atoms with Gasteiger partial charge in [0.1, 0.15) is 5.82 Å². The van der Waals surface area contributed by atoms with Gasteiger partial charge >= 0.3 is 6.18 Å². The van der Waals surface area contributed by atoms with Crippen LogP contribution in [0.1, 0.15) is 47.4 Å². The second-order valence-electron chi connectivity index (χ2n) is 8.85. The topological polar surface area (TPSA) is 68.5 Å². The third-order valence-corrected chi connectivity index (χ3v) is 6.96. The van der Waals surface area contributed by atoms with Gasteiger partial charge < -0.3 is 9.13 Å². The highest BCUT2D eigenvalue weighted by Crippen LogP contribution is 2.31. The maximum absolute atomic E-state index is 12.8. The summed E-state index contributed by atoms with van der Waals surface area (Å²) < 4.78 is 42.9. The first-order chi connectivity index (χ1) is 17.2. The van der Waals surface area contributed by atoms with Crippen LogP contribution in [0.4, 0.5) is 13.2 Å². The summed E-state index contributed by atoms with van der Waals surface area (Å²) in [6.45, 7) is 3.15. The summed E-state index contributed by atoms with van der Waals surface area (Å²) in [7, 11) is 0. The minimum Gasteiger partial charge on any atom is -0.314 e. The summed E-state index contributed by atoms with van der Waals surface area (Å²) >= 11 is 5.44. The zero-order chi connectivity index (χ0) is 25.4. The van der Waals surface area contributed by atoms with Crippen molar-refractivity contribution >= 4 is 12.2 Å². The summed E-state index contributed by atoms with van der Waals surface area (Å²) in [5.74, 6) is 1.58. The molecule has 36 heavy (non-hydrogen) atoms. The Bertz CT molecular complexity index is 1520. The van der Waals surface area contributed by atoms with Crippen molar-refractivity contribution in [1.82, 2.24) is 24.3 Å². The van der Waals surface area contributed by atoms with Gasteiger partial charge in [-0.2, -0.15) is 13.2 Å². The highest BCUT2D eigenvalue weighted by Gasteiger charge is 2.30. The number of aromatic amines is 1. The number of hydrogen-bond acceptors (Lipinski definition) is 4. The van der Waals surface area contributed by atoms with Crippen LogP contribution in [0.3, 0.4) is 0 Å². The molecule has 0 spiro atoms. The van der Waals surface area contributed by atoms with Gasteiger partial charge in [-0.25, -0.2) is 0 Å². The zero-order valence-corrected chi connectivity index (χ0v) is 20.4. The maximum Gasteiger partial charge on any atom is 0.416 e. The van der Waals surface area contributed by atoms with E-state index in [9.17, 15) is 18.0 Å². The summed E-state index contributed by atoms with van der Waals surface area (Å²) in [6, 6.07) is 12.9. The van der Waals surface area contributed by atoms with E-state index in [2.05, 4.69) is 19.7 Å². The predicted octanol–water partition coefficient (Wildman–Crippen LogP) is 5.33. The summed E-state index contributed by atoms with van der Waals surface area (Å²) in [5, 5.41) is 8.84. The Morgan fingerprint density at radius 3 is 2.22 bits per heavy atom. The molecule has 2 aromatic heterocycles. The van der Waals surface area contributed by atoms with Crippen LogP contribution in [0.15, 0.2) is 53.3 Å². The van der Waals surface area contributed by atoms with Gasteiger partial charge in [0.25, 0.3) is 5.56 Å². The molecule has 0 unspecified atom stereocenters. The fourth-order valence-electron chi connectivity index (χ4n) is 4.78. The van der Waals surface area contributed by atoms with Crippen LogP contribution in [0.2, 0.25) is 0 Å². The van der Waals surface area contributed by atoms with Crippen LogP contribution in [0.25, 0.3) is 11.1 Å². The molecule has 4 aromatic rings. The lowest BCUT2D eigenvalue weighted by atomic mass is 10.0. The normalized spacial score (nSPS) is 13.2. The highest BCUT2D eigenvalue weighted by molar-refractivity contribution is 7.71. The standard InChI is InChI=1S/C26H24F3N5OS/c1-2-33-22(31-32-23(33)15-34-21-5-3-4-20(21)24(35)30-25(34)36)14-16-6-8-17(9-7-16)18-10-12-19(13-11-18)26(27,28)29/h6-13H,2-5,14-15H2,1H3,(H,30,35,36). The SMILES string of the molecule is CCn1c(Cc2ccc(-c3ccc(C(F)(F)F)cc3)cc2)nnc1Cn1c2c(c(=O)[nH]c1=S)CCC2. The largest absolute Gasteiger partial charge is 0.416 e. The number of nitrogens with one attached hydrogen (secondary N) is 1. The quantitative estimate of drug-likeness (QED) is 0.355. The molecular weight excluding hydrogens is 487 g/mol. The minimum atomic E-state index is -4.35. The summed E-state index contributed by atoms with van der Waals surface area (Å²) in [4.78, 5) is 15.0. The van der Waals surface area contributed by atoms with E-state index >= 15 is 0 Å². The van der Waals surface area contributed by atoms with Crippen molar-refractivity contribution in [2.45, 2.75) is 51.9 Å². The summed E-state index contributed by atoms with van der Waals surface area (Å²) in [5.41, 5.74) is 3.60. The molecule has 2 aromatic carbocycles. The molecule has 0 aliphatic heterocycles. The van der Waals surface area contributed by atoms with Gasteiger partial charge in [0.15, 0.2) is 10.6 Å². The second kappa shape index (κ2) is 9.50. The van der Waals surface area contributed by atoms with Crippen LogP contribution < -0.4 is 5.56 Å². The van der Waals surface area contributed by atoms with Crippen LogP contribution >= 0.6 is 12.2 Å². The fraction of sp³-hybridized carbons (Fsp3) is 0.308. The van der Waals surface area contributed by atoms with Gasteiger partial charge in [-0.15, -0.1) is 10.2 Å². The van der Waals surface area contributed by atoms with Crippen LogP contribution in [0, 0.1) is 4.77 Å². The molecule has 2 heterocycles. The monoisotopic (exact) mass is 511 g/mol. The molecule has 0 bridgehead atoms. The molecule has 0 atom stereocenters. The molecule has 1 N–H and O–H groups in total.